The second-order valence-corrected chi connectivity index (χ2v) is 9.66. The van der Waals surface area contributed by atoms with Crippen molar-refractivity contribution in [3.63, 3.8) is 0 Å². The summed E-state index contributed by atoms with van der Waals surface area (Å²) in [4.78, 5) is 27.5. The summed E-state index contributed by atoms with van der Waals surface area (Å²) in [5.74, 6) is 0.898. The number of anilines is 2. The van der Waals surface area contributed by atoms with Crippen LogP contribution in [0.15, 0.2) is 71.6 Å². The van der Waals surface area contributed by atoms with Crippen LogP contribution in [-0.2, 0) is 16.0 Å². The number of nitrogens with one attached hydrogen (secondary N) is 1. The Hall–Kier alpha value is -3.82. The molecule has 0 radical (unpaired) electrons. The van der Waals surface area contributed by atoms with E-state index < -0.39 is 0 Å². The number of aryl methyl sites for hydroxylation is 1. The van der Waals surface area contributed by atoms with Gasteiger partial charge in [0, 0.05) is 5.69 Å². The van der Waals surface area contributed by atoms with Crippen LogP contribution in [0.3, 0.4) is 0 Å². The predicted molar refractivity (Wildman–Crippen MR) is 152 cm³/mol. The van der Waals surface area contributed by atoms with E-state index in [0.717, 1.165) is 12.0 Å². The Morgan fingerprint density at radius 1 is 1.00 bits per heavy atom. The van der Waals surface area contributed by atoms with Crippen molar-refractivity contribution < 1.29 is 23.8 Å². The number of benzene rings is 3. The van der Waals surface area contributed by atoms with Crippen LogP contribution in [0.25, 0.3) is 6.08 Å². The molecule has 0 atom stereocenters. The number of amides is 2. The predicted octanol–water partition coefficient (Wildman–Crippen LogP) is 5.69. The molecular formula is C28H26N2O5S2. The van der Waals surface area contributed by atoms with Crippen molar-refractivity contribution in [3.05, 3.63) is 82.8 Å². The minimum Gasteiger partial charge on any atom is -0.495 e. The summed E-state index contributed by atoms with van der Waals surface area (Å²) in [6.07, 6.45) is 2.68. The third-order valence-electron chi connectivity index (χ3n) is 5.61. The van der Waals surface area contributed by atoms with Crippen LogP contribution < -0.4 is 24.4 Å². The van der Waals surface area contributed by atoms with E-state index in [-0.39, 0.29) is 18.4 Å². The van der Waals surface area contributed by atoms with Crippen LogP contribution >= 0.6 is 24.0 Å². The Balaban J connectivity index is 1.45. The number of rotatable bonds is 9. The summed E-state index contributed by atoms with van der Waals surface area (Å²) in [7, 11) is 3.07. The van der Waals surface area contributed by atoms with Crippen LogP contribution in [0, 0.1) is 0 Å². The summed E-state index contributed by atoms with van der Waals surface area (Å²) in [6.45, 7) is 1.90. The van der Waals surface area contributed by atoms with Gasteiger partial charge in [-0.3, -0.25) is 14.5 Å². The Bertz CT molecular complexity index is 1350. The van der Waals surface area contributed by atoms with Gasteiger partial charge in [-0.15, -0.1) is 0 Å². The molecule has 1 saturated heterocycles. The first-order valence-corrected chi connectivity index (χ1v) is 12.8. The first kappa shape index (κ1) is 26.2. The van der Waals surface area contributed by atoms with Crippen LogP contribution in [0.2, 0.25) is 0 Å². The van der Waals surface area contributed by atoms with E-state index in [9.17, 15) is 9.59 Å². The number of thioether (sulfide) groups is 1. The van der Waals surface area contributed by atoms with Crippen molar-refractivity contribution >= 4 is 57.6 Å². The quantitative estimate of drug-likeness (QED) is 0.279. The van der Waals surface area contributed by atoms with Gasteiger partial charge in [0.15, 0.2) is 22.4 Å². The van der Waals surface area contributed by atoms with Crippen molar-refractivity contribution in [2.45, 2.75) is 13.3 Å². The van der Waals surface area contributed by atoms with Crippen molar-refractivity contribution in [1.82, 2.24) is 0 Å². The summed E-state index contributed by atoms with van der Waals surface area (Å²) in [5.41, 5.74) is 3.22. The van der Waals surface area contributed by atoms with E-state index >= 15 is 0 Å². The molecule has 0 bridgehead atoms. The molecule has 1 heterocycles. The van der Waals surface area contributed by atoms with Gasteiger partial charge in [0.25, 0.3) is 11.8 Å². The van der Waals surface area contributed by atoms with Gasteiger partial charge in [0.1, 0.15) is 5.75 Å². The lowest BCUT2D eigenvalue weighted by molar-refractivity contribution is -0.118. The third kappa shape index (κ3) is 6.12. The molecular weight excluding hydrogens is 508 g/mol. The average Bonchev–Trinajstić information content (AvgIpc) is 3.20. The molecule has 9 heteroatoms. The molecule has 3 aromatic rings. The molecule has 0 saturated carbocycles. The summed E-state index contributed by atoms with van der Waals surface area (Å²) in [5, 5.41) is 2.82. The van der Waals surface area contributed by atoms with Crippen LogP contribution in [0.4, 0.5) is 11.4 Å². The zero-order valence-electron chi connectivity index (χ0n) is 20.6. The normalized spacial score (nSPS) is 14.1. The average molecular weight is 535 g/mol. The highest BCUT2D eigenvalue weighted by atomic mass is 32.2. The van der Waals surface area contributed by atoms with E-state index in [1.54, 1.807) is 43.5 Å². The number of hydrogen-bond acceptors (Lipinski definition) is 7. The fourth-order valence-electron chi connectivity index (χ4n) is 3.70. The summed E-state index contributed by atoms with van der Waals surface area (Å²) < 4.78 is 17.0. The number of para-hydroxylation sites is 2. The Kier molecular flexibility index (Phi) is 8.47. The SMILES string of the molecule is CCc1ccc(NC(=O)COc2ccc(/C=C3\SC(=S)N(c4ccccc4OC)C3=O)cc2OC)cc1. The molecule has 0 spiro atoms. The highest BCUT2D eigenvalue weighted by molar-refractivity contribution is 8.27. The minimum atomic E-state index is -0.282. The van der Waals surface area contributed by atoms with Gasteiger partial charge in [-0.1, -0.05) is 61.2 Å². The lowest BCUT2D eigenvalue weighted by Gasteiger charge is -2.17. The molecule has 1 N–H and O–H groups in total. The molecule has 1 fully saturated rings. The van der Waals surface area contributed by atoms with Gasteiger partial charge < -0.3 is 19.5 Å². The lowest BCUT2D eigenvalue weighted by Crippen LogP contribution is -2.27. The highest BCUT2D eigenvalue weighted by Crippen LogP contribution is 2.40. The molecule has 2 amide bonds. The van der Waals surface area contributed by atoms with Crippen LogP contribution in [-0.4, -0.2) is 37.0 Å². The highest BCUT2D eigenvalue weighted by Gasteiger charge is 2.34. The van der Waals surface area contributed by atoms with E-state index in [2.05, 4.69) is 12.2 Å². The zero-order valence-corrected chi connectivity index (χ0v) is 22.3. The number of carbonyl (C=O) groups is 2. The Morgan fingerprint density at radius 2 is 1.73 bits per heavy atom. The number of ether oxygens (including phenoxy) is 3. The first-order valence-electron chi connectivity index (χ1n) is 11.5. The fraction of sp³-hybridized carbons (Fsp3) is 0.179. The molecule has 1 aliphatic rings. The summed E-state index contributed by atoms with van der Waals surface area (Å²) in [6, 6.07) is 20.1. The van der Waals surface area contributed by atoms with Gasteiger partial charge >= 0.3 is 0 Å². The van der Waals surface area contributed by atoms with Crippen LogP contribution in [0.5, 0.6) is 17.2 Å². The molecule has 0 aliphatic carbocycles. The molecule has 3 aromatic carbocycles. The largest absolute Gasteiger partial charge is 0.495 e. The molecule has 7 nitrogen and oxygen atoms in total. The zero-order chi connectivity index (χ0) is 26.4. The van der Waals surface area contributed by atoms with E-state index in [4.69, 9.17) is 26.4 Å². The first-order chi connectivity index (χ1) is 17.9. The topological polar surface area (TPSA) is 77.1 Å². The molecule has 1 aliphatic heterocycles. The smallest absolute Gasteiger partial charge is 0.270 e. The van der Waals surface area contributed by atoms with Gasteiger partial charge in [-0.05, 0) is 60.0 Å². The Labute approximate surface area is 225 Å². The lowest BCUT2D eigenvalue weighted by atomic mass is 10.1. The van der Waals surface area contributed by atoms with Crippen molar-refractivity contribution in [2.24, 2.45) is 0 Å². The second-order valence-electron chi connectivity index (χ2n) is 7.99. The van der Waals surface area contributed by atoms with Crippen molar-refractivity contribution in [2.75, 3.05) is 31.0 Å². The molecule has 190 valence electrons. The molecule has 0 unspecified atom stereocenters. The second kappa shape index (κ2) is 11.9. The van der Waals surface area contributed by atoms with Gasteiger partial charge in [-0.25, -0.2) is 0 Å². The third-order valence-corrected chi connectivity index (χ3v) is 6.91. The summed E-state index contributed by atoms with van der Waals surface area (Å²) >= 11 is 6.69. The Morgan fingerprint density at radius 3 is 2.43 bits per heavy atom. The van der Waals surface area contributed by atoms with Crippen molar-refractivity contribution in [3.8, 4) is 17.2 Å². The van der Waals surface area contributed by atoms with E-state index in [1.165, 1.54) is 29.3 Å². The monoisotopic (exact) mass is 534 g/mol. The number of hydrogen-bond donors (Lipinski definition) is 1. The van der Waals surface area contributed by atoms with E-state index in [0.29, 0.717) is 37.8 Å². The maximum atomic E-state index is 13.2. The van der Waals surface area contributed by atoms with Crippen molar-refractivity contribution in [1.29, 1.82) is 0 Å². The minimum absolute atomic E-state index is 0.178. The van der Waals surface area contributed by atoms with Gasteiger partial charge in [0.05, 0.1) is 24.8 Å². The van der Waals surface area contributed by atoms with Gasteiger partial charge in [0.2, 0.25) is 0 Å². The molecule has 0 aromatic heterocycles. The number of methoxy groups -OCH3 is 2. The standard InChI is InChI=1S/C28H26N2O5S2/c1-4-18-9-12-20(13-10-18)29-26(31)17-35-23-14-11-19(15-24(23)34-3)16-25-27(32)30(28(36)37-25)21-7-5-6-8-22(21)33-2/h5-16H,4,17H2,1-3H3,(H,29,31)/b25-16-. The number of carbonyl (C=O) groups excluding carboxylic acids is 2. The molecule has 37 heavy (non-hydrogen) atoms. The van der Waals surface area contributed by atoms with E-state index in [1.807, 2.05) is 36.4 Å². The number of thiocarbonyl (C=S) groups is 1. The maximum Gasteiger partial charge on any atom is 0.270 e. The maximum absolute atomic E-state index is 13.2. The van der Waals surface area contributed by atoms with Crippen LogP contribution in [0.1, 0.15) is 18.1 Å². The number of nitrogens with zero attached hydrogens (tertiary/aromatic N) is 1. The molecule has 4 rings (SSSR count). The fourth-order valence-corrected chi connectivity index (χ4v) is 4.98. The van der Waals surface area contributed by atoms with Gasteiger partial charge in [-0.2, -0.15) is 0 Å².